The third-order valence-electron chi connectivity index (χ3n) is 1.35. The lowest BCUT2D eigenvalue weighted by Gasteiger charge is -2.16. The summed E-state index contributed by atoms with van der Waals surface area (Å²) in [6.07, 6.45) is 1.86. The number of hydrazone groups is 1. The fraction of sp³-hybridized carbons (Fsp3) is 0.500. The molecule has 0 aliphatic rings. The summed E-state index contributed by atoms with van der Waals surface area (Å²) in [5, 5.41) is 4.16. The van der Waals surface area contributed by atoms with E-state index in [-0.39, 0.29) is 5.54 Å². The third kappa shape index (κ3) is 4.08. The SMILES string of the molecule is Cc1ccc(/C=N/NC(C)(C)C)s1. The quantitative estimate of drug-likeness (QED) is 0.571. The van der Waals surface area contributed by atoms with E-state index in [1.54, 1.807) is 11.3 Å². The molecule has 1 N–H and O–H groups in total. The molecule has 3 heteroatoms. The van der Waals surface area contributed by atoms with Gasteiger partial charge in [0.1, 0.15) is 0 Å². The predicted octanol–water partition coefficient (Wildman–Crippen LogP) is 2.78. The minimum Gasteiger partial charge on any atom is -0.305 e. The van der Waals surface area contributed by atoms with E-state index in [9.17, 15) is 0 Å². The molecule has 1 rings (SSSR count). The number of nitrogens with zero attached hydrogens (tertiary/aromatic N) is 1. The third-order valence-corrected chi connectivity index (χ3v) is 2.29. The largest absolute Gasteiger partial charge is 0.305 e. The lowest BCUT2D eigenvalue weighted by Crippen LogP contribution is -2.31. The second-order valence-corrected chi connectivity index (χ2v) is 5.39. The average molecular weight is 196 g/mol. The molecule has 0 bridgehead atoms. The summed E-state index contributed by atoms with van der Waals surface area (Å²) in [6.45, 7) is 8.36. The van der Waals surface area contributed by atoms with Crippen LogP contribution in [-0.2, 0) is 0 Å². The van der Waals surface area contributed by atoms with Crippen LogP contribution in [0, 0.1) is 6.92 Å². The van der Waals surface area contributed by atoms with Gasteiger partial charge in [0.05, 0.1) is 6.21 Å². The summed E-state index contributed by atoms with van der Waals surface area (Å²) in [7, 11) is 0. The van der Waals surface area contributed by atoms with Crippen LogP contribution in [0.1, 0.15) is 30.5 Å². The van der Waals surface area contributed by atoms with Gasteiger partial charge in [-0.1, -0.05) is 0 Å². The Labute approximate surface area is 83.7 Å². The molecule has 0 atom stereocenters. The minimum atomic E-state index is 0.0444. The van der Waals surface area contributed by atoms with Crippen LogP contribution >= 0.6 is 11.3 Å². The van der Waals surface area contributed by atoms with E-state index in [1.165, 1.54) is 9.75 Å². The van der Waals surface area contributed by atoms with E-state index < -0.39 is 0 Å². The van der Waals surface area contributed by atoms with Crippen LogP contribution in [0.5, 0.6) is 0 Å². The molecule has 1 aromatic rings. The van der Waals surface area contributed by atoms with Gasteiger partial charge in [-0.25, -0.2) is 0 Å². The first-order valence-electron chi connectivity index (χ1n) is 4.34. The van der Waals surface area contributed by atoms with E-state index in [2.05, 4.69) is 50.4 Å². The Bertz CT molecular complexity index is 294. The van der Waals surface area contributed by atoms with Crippen molar-refractivity contribution in [1.82, 2.24) is 5.43 Å². The Morgan fingerprint density at radius 3 is 2.54 bits per heavy atom. The lowest BCUT2D eigenvalue weighted by molar-refractivity contribution is 0.442. The van der Waals surface area contributed by atoms with Crippen LogP contribution in [0.15, 0.2) is 17.2 Å². The van der Waals surface area contributed by atoms with Crippen molar-refractivity contribution in [1.29, 1.82) is 0 Å². The summed E-state index contributed by atoms with van der Waals surface area (Å²) < 4.78 is 0. The van der Waals surface area contributed by atoms with Gasteiger partial charge in [0.15, 0.2) is 0 Å². The van der Waals surface area contributed by atoms with Gasteiger partial charge in [-0.2, -0.15) is 5.10 Å². The average Bonchev–Trinajstić information content (AvgIpc) is 2.33. The first-order valence-corrected chi connectivity index (χ1v) is 5.16. The van der Waals surface area contributed by atoms with Gasteiger partial charge in [0, 0.05) is 15.3 Å². The second-order valence-electron chi connectivity index (χ2n) is 4.07. The Morgan fingerprint density at radius 1 is 1.38 bits per heavy atom. The highest BCUT2D eigenvalue weighted by Crippen LogP contribution is 2.12. The summed E-state index contributed by atoms with van der Waals surface area (Å²) in [6, 6.07) is 4.18. The Morgan fingerprint density at radius 2 is 2.08 bits per heavy atom. The topological polar surface area (TPSA) is 24.4 Å². The standard InChI is InChI=1S/C10H16N2S/c1-8-5-6-9(13-8)7-11-12-10(2,3)4/h5-7,12H,1-4H3/b11-7+. The number of thiophene rings is 1. The molecule has 0 aliphatic carbocycles. The maximum atomic E-state index is 4.16. The Hall–Kier alpha value is -0.830. The smallest absolute Gasteiger partial charge is 0.0640 e. The van der Waals surface area contributed by atoms with Crippen molar-refractivity contribution in [2.24, 2.45) is 5.10 Å². The van der Waals surface area contributed by atoms with Crippen LogP contribution in [0.3, 0.4) is 0 Å². The van der Waals surface area contributed by atoms with Crippen LogP contribution in [0.25, 0.3) is 0 Å². The molecule has 0 aromatic carbocycles. The van der Waals surface area contributed by atoms with E-state index in [0.29, 0.717) is 0 Å². The number of rotatable bonds is 2. The molecule has 0 aliphatic heterocycles. The van der Waals surface area contributed by atoms with E-state index in [4.69, 9.17) is 0 Å². The van der Waals surface area contributed by atoms with Crippen LogP contribution in [0.4, 0.5) is 0 Å². The number of hydrogen-bond donors (Lipinski definition) is 1. The molecule has 1 heterocycles. The minimum absolute atomic E-state index is 0.0444. The van der Waals surface area contributed by atoms with Crippen molar-refractivity contribution in [3.05, 3.63) is 21.9 Å². The van der Waals surface area contributed by atoms with Crippen molar-refractivity contribution in [3.63, 3.8) is 0 Å². The number of aryl methyl sites for hydroxylation is 1. The highest BCUT2D eigenvalue weighted by atomic mass is 32.1. The van der Waals surface area contributed by atoms with Gasteiger partial charge >= 0.3 is 0 Å². The Balaban J connectivity index is 2.50. The van der Waals surface area contributed by atoms with Gasteiger partial charge in [-0.05, 0) is 39.8 Å². The zero-order valence-corrected chi connectivity index (χ0v) is 9.40. The van der Waals surface area contributed by atoms with E-state index in [1.807, 2.05) is 6.21 Å². The first kappa shape index (κ1) is 10.3. The van der Waals surface area contributed by atoms with Gasteiger partial charge in [0.2, 0.25) is 0 Å². The molecule has 0 unspecified atom stereocenters. The zero-order chi connectivity index (χ0) is 9.90. The van der Waals surface area contributed by atoms with Crippen molar-refractivity contribution >= 4 is 17.6 Å². The van der Waals surface area contributed by atoms with Gasteiger partial charge < -0.3 is 5.43 Å². The van der Waals surface area contributed by atoms with Crippen LogP contribution in [0.2, 0.25) is 0 Å². The molecule has 1 aromatic heterocycles. The lowest BCUT2D eigenvalue weighted by atomic mass is 10.1. The number of nitrogens with one attached hydrogen (secondary N) is 1. The van der Waals surface area contributed by atoms with Crippen LogP contribution < -0.4 is 5.43 Å². The molecular weight excluding hydrogens is 180 g/mol. The molecule has 0 fully saturated rings. The molecule has 0 saturated heterocycles. The monoisotopic (exact) mass is 196 g/mol. The van der Waals surface area contributed by atoms with Gasteiger partial charge in [-0.3, -0.25) is 0 Å². The summed E-state index contributed by atoms with van der Waals surface area (Å²) in [5.74, 6) is 0. The van der Waals surface area contributed by atoms with E-state index >= 15 is 0 Å². The zero-order valence-electron chi connectivity index (χ0n) is 8.59. The van der Waals surface area contributed by atoms with Crippen molar-refractivity contribution in [3.8, 4) is 0 Å². The van der Waals surface area contributed by atoms with Crippen molar-refractivity contribution < 1.29 is 0 Å². The number of hydrogen-bond acceptors (Lipinski definition) is 3. The molecule has 0 saturated carbocycles. The fourth-order valence-electron chi connectivity index (χ4n) is 0.812. The fourth-order valence-corrected chi connectivity index (χ4v) is 1.56. The summed E-state index contributed by atoms with van der Waals surface area (Å²) in [4.78, 5) is 2.51. The Kier molecular flexibility index (Phi) is 3.09. The van der Waals surface area contributed by atoms with Crippen molar-refractivity contribution in [2.45, 2.75) is 33.2 Å². The van der Waals surface area contributed by atoms with Crippen LogP contribution in [-0.4, -0.2) is 11.8 Å². The second kappa shape index (κ2) is 3.92. The highest BCUT2D eigenvalue weighted by molar-refractivity contribution is 7.13. The summed E-state index contributed by atoms with van der Waals surface area (Å²) >= 11 is 1.75. The molecule has 2 nitrogen and oxygen atoms in total. The maximum absolute atomic E-state index is 4.16. The van der Waals surface area contributed by atoms with Gasteiger partial charge in [-0.15, -0.1) is 11.3 Å². The molecule has 0 spiro atoms. The maximum Gasteiger partial charge on any atom is 0.0640 e. The van der Waals surface area contributed by atoms with Crippen molar-refractivity contribution in [2.75, 3.05) is 0 Å². The highest BCUT2D eigenvalue weighted by Gasteiger charge is 2.05. The molecule has 13 heavy (non-hydrogen) atoms. The molecule has 72 valence electrons. The molecular formula is C10H16N2S. The predicted molar refractivity (Wildman–Crippen MR) is 59.5 cm³/mol. The normalized spacial score (nSPS) is 12.3. The van der Waals surface area contributed by atoms with Gasteiger partial charge in [0.25, 0.3) is 0 Å². The summed E-state index contributed by atoms with van der Waals surface area (Å²) in [5.41, 5.74) is 3.10. The molecule has 0 radical (unpaired) electrons. The van der Waals surface area contributed by atoms with E-state index in [0.717, 1.165) is 0 Å². The molecule has 0 amide bonds. The first-order chi connectivity index (χ1) is 5.97.